The number of H-pyrrole nitrogens is 1. The van der Waals surface area contributed by atoms with Crippen molar-refractivity contribution < 1.29 is 4.79 Å². The van der Waals surface area contributed by atoms with Crippen molar-refractivity contribution in [2.75, 3.05) is 36.4 Å². The highest BCUT2D eigenvalue weighted by Gasteiger charge is 2.18. The summed E-state index contributed by atoms with van der Waals surface area (Å²) >= 11 is 1.40. The highest BCUT2D eigenvalue weighted by Crippen LogP contribution is 2.28. The predicted octanol–water partition coefficient (Wildman–Crippen LogP) is 3.35. The van der Waals surface area contributed by atoms with E-state index in [1.165, 1.54) is 11.3 Å². The van der Waals surface area contributed by atoms with E-state index in [1.54, 1.807) is 5.38 Å². The van der Waals surface area contributed by atoms with Crippen LogP contribution in [-0.4, -0.2) is 47.0 Å². The quantitative estimate of drug-likeness (QED) is 0.486. The molecule has 0 atom stereocenters. The molecule has 7 nitrogen and oxygen atoms in total. The van der Waals surface area contributed by atoms with Crippen molar-refractivity contribution >= 4 is 39.7 Å². The fourth-order valence-electron chi connectivity index (χ4n) is 3.49. The first-order valence-electron chi connectivity index (χ1n) is 9.54. The number of hydrogen-bond donors (Lipinski definition) is 3. The monoisotopic (exact) mass is 404 g/mol. The number of benzene rings is 2. The van der Waals surface area contributed by atoms with Crippen LogP contribution in [-0.2, 0) is 0 Å². The minimum Gasteiger partial charge on any atom is -0.367 e. The average Bonchev–Trinajstić information content (AvgIpc) is 3.42. The molecule has 0 saturated carbocycles. The number of nitrogens with one attached hydrogen (secondary N) is 3. The topological polar surface area (TPSA) is 85.9 Å². The van der Waals surface area contributed by atoms with Crippen LogP contribution in [0.1, 0.15) is 10.5 Å². The van der Waals surface area contributed by atoms with Crippen LogP contribution in [0.2, 0.25) is 0 Å². The summed E-state index contributed by atoms with van der Waals surface area (Å²) in [4.78, 5) is 27.4. The lowest BCUT2D eigenvalue weighted by molar-refractivity contribution is 0.102. The summed E-state index contributed by atoms with van der Waals surface area (Å²) in [6.45, 7) is 3.71. The van der Waals surface area contributed by atoms with Crippen LogP contribution in [0.4, 0.5) is 11.4 Å². The van der Waals surface area contributed by atoms with E-state index >= 15 is 0 Å². The van der Waals surface area contributed by atoms with Crippen LogP contribution in [0, 0.1) is 0 Å². The zero-order chi connectivity index (χ0) is 19.6. The Kier molecular flexibility index (Phi) is 4.71. The Bertz CT molecular complexity index is 1130. The van der Waals surface area contributed by atoms with Gasteiger partial charge in [-0.1, -0.05) is 24.3 Å². The minimum absolute atomic E-state index is 0.216. The molecule has 5 rings (SSSR count). The molecule has 1 aliphatic rings. The van der Waals surface area contributed by atoms with Gasteiger partial charge in [0.15, 0.2) is 10.8 Å². The average molecular weight is 404 g/mol. The number of fused-ring (bicyclic) bond motifs is 1. The third-order valence-electron chi connectivity index (χ3n) is 4.94. The molecule has 3 heterocycles. The number of aromatic nitrogens is 3. The number of para-hydroxylation sites is 4. The largest absolute Gasteiger partial charge is 0.367 e. The summed E-state index contributed by atoms with van der Waals surface area (Å²) in [6, 6.07) is 15.7. The molecular weight excluding hydrogens is 384 g/mol. The fourth-order valence-corrected chi connectivity index (χ4v) is 4.23. The van der Waals surface area contributed by atoms with E-state index in [9.17, 15) is 4.79 Å². The minimum atomic E-state index is -0.216. The molecule has 146 valence electrons. The van der Waals surface area contributed by atoms with Crippen molar-refractivity contribution in [2.45, 2.75) is 0 Å². The van der Waals surface area contributed by atoms with Gasteiger partial charge in [-0.3, -0.25) is 4.79 Å². The van der Waals surface area contributed by atoms with Gasteiger partial charge in [0.05, 0.1) is 22.4 Å². The molecule has 4 aromatic rings. The molecule has 8 heteroatoms. The fraction of sp³-hybridized carbons (Fsp3) is 0.190. The second kappa shape index (κ2) is 7.65. The first kappa shape index (κ1) is 17.8. The van der Waals surface area contributed by atoms with Crippen LogP contribution in [0.5, 0.6) is 0 Å². The van der Waals surface area contributed by atoms with Gasteiger partial charge in [0.2, 0.25) is 0 Å². The maximum atomic E-state index is 12.8. The maximum absolute atomic E-state index is 12.8. The lowest BCUT2D eigenvalue weighted by Crippen LogP contribution is -2.43. The van der Waals surface area contributed by atoms with E-state index in [2.05, 4.69) is 30.5 Å². The Labute approximate surface area is 171 Å². The molecular formula is C21H20N6OS. The molecule has 2 aromatic heterocycles. The van der Waals surface area contributed by atoms with Crippen molar-refractivity contribution in [1.29, 1.82) is 0 Å². The first-order valence-corrected chi connectivity index (χ1v) is 10.4. The Balaban J connectivity index is 1.37. The Morgan fingerprint density at radius 2 is 1.83 bits per heavy atom. The molecule has 2 aromatic carbocycles. The Morgan fingerprint density at radius 3 is 2.69 bits per heavy atom. The summed E-state index contributed by atoms with van der Waals surface area (Å²) in [5, 5.41) is 8.85. The van der Waals surface area contributed by atoms with Crippen LogP contribution in [0.25, 0.3) is 21.9 Å². The van der Waals surface area contributed by atoms with Gasteiger partial charge in [-0.25, -0.2) is 9.97 Å². The van der Waals surface area contributed by atoms with E-state index in [-0.39, 0.29) is 5.91 Å². The summed E-state index contributed by atoms with van der Waals surface area (Å²) < 4.78 is 0. The maximum Gasteiger partial charge on any atom is 0.275 e. The second-order valence-corrected chi connectivity index (χ2v) is 7.71. The number of thiazole rings is 1. The zero-order valence-electron chi connectivity index (χ0n) is 15.7. The van der Waals surface area contributed by atoms with Crippen molar-refractivity contribution in [2.24, 2.45) is 0 Å². The third kappa shape index (κ3) is 3.59. The first-order chi connectivity index (χ1) is 14.3. The number of imidazole rings is 1. The van der Waals surface area contributed by atoms with Crippen LogP contribution >= 0.6 is 11.3 Å². The van der Waals surface area contributed by atoms with E-state index in [0.717, 1.165) is 48.6 Å². The second-order valence-electron chi connectivity index (χ2n) is 6.85. The molecule has 3 N–H and O–H groups in total. The molecule has 1 aliphatic heterocycles. The number of carbonyl (C=O) groups is 1. The number of nitrogens with zero attached hydrogens (tertiary/aromatic N) is 3. The normalized spacial score (nSPS) is 14.3. The number of aromatic amines is 1. The van der Waals surface area contributed by atoms with Crippen LogP contribution < -0.4 is 15.5 Å². The molecule has 0 radical (unpaired) electrons. The number of rotatable bonds is 4. The molecule has 0 spiro atoms. The smallest absolute Gasteiger partial charge is 0.275 e. The summed E-state index contributed by atoms with van der Waals surface area (Å²) in [5.74, 6) is 0.461. The van der Waals surface area contributed by atoms with Gasteiger partial charge >= 0.3 is 0 Å². The van der Waals surface area contributed by atoms with Gasteiger partial charge in [0, 0.05) is 31.6 Å². The van der Waals surface area contributed by atoms with Crippen molar-refractivity contribution in [3.05, 3.63) is 59.6 Å². The lowest BCUT2D eigenvalue weighted by Gasteiger charge is -2.31. The molecule has 1 fully saturated rings. The van der Waals surface area contributed by atoms with Crippen molar-refractivity contribution in [3.63, 3.8) is 0 Å². The molecule has 29 heavy (non-hydrogen) atoms. The third-order valence-corrected chi connectivity index (χ3v) is 5.79. The van der Waals surface area contributed by atoms with Crippen LogP contribution in [0.3, 0.4) is 0 Å². The summed E-state index contributed by atoms with van der Waals surface area (Å²) in [6.07, 6.45) is 0. The molecule has 1 amide bonds. The summed E-state index contributed by atoms with van der Waals surface area (Å²) in [7, 11) is 0. The van der Waals surface area contributed by atoms with E-state index in [4.69, 9.17) is 0 Å². The van der Waals surface area contributed by atoms with Gasteiger partial charge in [0.25, 0.3) is 5.91 Å². The Hall–Kier alpha value is -3.23. The SMILES string of the molecule is O=C(Nc1ccccc1N1CCNCC1)c1csc(-c2nc3ccccc3[nH]2)n1. The zero-order valence-corrected chi connectivity index (χ0v) is 16.5. The lowest BCUT2D eigenvalue weighted by atomic mass is 10.2. The molecule has 0 unspecified atom stereocenters. The highest BCUT2D eigenvalue weighted by atomic mass is 32.1. The molecule has 0 aliphatic carbocycles. The number of carbonyl (C=O) groups excluding carboxylic acids is 1. The van der Waals surface area contributed by atoms with E-state index in [0.29, 0.717) is 16.5 Å². The van der Waals surface area contributed by atoms with Gasteiger partial charge in [-0.2, -0.15) is 0 Å². The van der Waals surface area contributed by atoms with Gasteiger partial charge in [0.1, 0.15) is 5.69 Å². The van der Waals surface area contributed by atoms with Gasteiger partial charge in [-0.05, 0) is 24.3 Å². The van der Waals surface area contributed by atoms with Gasteiger partial charge in [-0.15, -0.1) is 11.3 Å². The number of anilines is 2. The van der Waals surface area contributed by atoms with E-state index < -0.39 is 0 Å². The van der Waals surface area contributed by atoms with Crippen molar-refractivity contribution in [3.8, 4) is 10.8 Å². The number of hydrogen-bond acceptors (Lipinski definition) is 6. The van der Waals surface area contributed by atoms with E-state index in [1.807, 2.05) is 48.5 Å². The summed E-state index contributed by atoms with van der Waals surface area (Å²) in [5.41, 5.74) is 4.07. The predicted molar refractivity (Wildman–Crippen MR) is 117 cm³/mol. The Morgan fingerprint density at radius 1 is 1.03 bits per heavy atom. The standard InChI is InChI=1S/C21H20N6OS/c28-20(25-16-7-3-4-8-18(16)27-11-9-22-10-12-27)17-13-29-21(26-17)19-23-14-5-1-2-6-15(14)24-19/h1-8,13,22H,9-12H2,(H,23,24)(H,25,28). The van der Waals surface area contributed by atoms with Crippen molar-refractivity contribution in [1.82, 2.24) is 20.3 Å². The van der Waals surface area contributed by atoms with Crippen LogP contribution in [0.15, 0.2) is 53.9 Å². The number of amides is 1. The van der Waals surface area contributed by atoms with Gasteiger partial charge < -0.3 is 20.5 Å². The highest BCUT2D eigenvalue weighted by molar-refractivity contribution is 7.13. The molecule has 0 bridgehead atoms. The number of piperazine rings is 1. The molecule has 1 saturated heterocycles.